The molecule has 0 radical (unpaired) electrons. The van der Waals surface area contributed by atoms with Gasteiger partial charge >= 0.3 is 0 Å². The molecule has 0 aliphatic carbocycles. The lowest BCUT2D eigenvalue weighted by Gasteiger charge is -2.21. The number of aryl methyl sites for hydroxylation is 2. The van der Waals surface area contributed by atoms with E-state index in [0.717, 1.165) is 5.56 Å². The number of carbonyl (C=O) groups is 3. The first-order valence-corrected chi connectivity index (χ1v) is 12.7. The minimum Gasteiger partial charge on any atom is -0.493 e. The van der Waals surface area contributed by atoms with Gasteiger partial charge in [0.2, 0.25) is 0 Å². The van der Waals surface area contributed by atoms with Gasteiger partial charge in [-0.05, 0) is 49.2 Å². The number of rotatable bonds is 3. The molecule has 3 amide bonds. The summed E-state index contributed by atoms with van der Waals surface area (Å²) in [6, 6.07) is 11.5. The van der Waals surface area contributed by atoms with Crippen LogP contribution in [0.1, 0.15) is 44.7 Å². The SMILES string of the molecule is CCc1noc(C)c1C(=O)N1C[C@@H]2NC(=O)c3ccc(OC)c(c3)OCC(=O)NCc3ccc(cc3)O[C@H]2C1. The van der Waals surface area contributed by atoms with E-state index in [2.05, 4.69) is 15.8 Å². The lowest BCUT2D eigenvalue weighted by Crippen LogP contribution is -2.45. The third-order valence-corrected chi connectivity index (χ3v) is 6.84. The number of hydrogen-bond acceptors (Lipinski definition) is 8. The summed E-state index contributed by atoms with van der Waals surface area (Å²) in [7, 11) is 1.48. The van der Waals surface area contributed by atoms with Crippen LogP contribution >= 0.6 is 0 Å². The van der Waals surface area contributed by atoms with E-state index in [9.17, 15) is 14.4 Å². The van der Waals surface area contributed by atoms with Crippen LogP contribution < -0.4 is 24.8 Å². The van der Waals surface area contributed by atoms with E-state index in [1.54, 1.807) is 36.1 Å². The highest BCUT2D eigenvalue weighted by Gasteiger charge is 2.40. The van der Waals surface area contributed by atoms with Crippen LogP contribution in [0.4, 0.5) is 0 Å². The Morgan fingerprint density at radius 1 is 1.15 bits per heavy atom. The van der Waals surface area contributed by atoms with E-state index >= 15 is 0 Å². The van der Waals surface area contributed by atoms with Crippen molar-refractivity contribution in [3.05, 3.63) is 70.6 Å². The quantitative estimate of drug-likeness (QED) is 0.523. The molecule has 2 atom stereocenters. The number of fused-ring (bicyclic) bond motifs is 7. The summed E-state index contributed by atoms with van der Waals surface area (Å²) in [6.45, 7) is 4.18. The lowest BCUT2D eigenvalue weighted by atomic mass is 10.1. The Hall–Kier alpha value is -4.54. The predicted octanol–water partition coefficient (Wildman–Crippen LogP) is 2.26. The molecule has 2 N–H and O–H groups in total. The number of ether oxygens (including phenoxy) is 3. The van der Waals surface area contributed by atoms with Gasteiger partial charge in [-0.1, -0.05) is 24.2 Å². The number of amides is 3. The molecule has 39 heavy (non-hydrogen) atoms. The molecule has 0 spiro atoms. The van der Waals surface area contributed by atoms with Crippen molar-refractivity contribution in [3.8, 4) is 17.2 Å². The van der Waals surface area contributed by atoms with Crippen LogP contribution in [-0.4, -0.2) is 66.7 Å². The third kappa shape index (κ3) is 5.52. The van der Waals surface area contributed by atoms with Crippen LogP contribution in [0.2, 0.25) is 0 Å². The van der Waals surface area contributed by atoms with Gasteiger partial charge in [-0.15, -0.1) is 0 Å². The van der Waals surface area contributed by atoms with Crippen LogP contribution in [-0.2, 0) is 17.8 Å². The Labute approximate surface area is 225 Å². The standard InChI is InChI=1S/C28H30N4O7/c1-4-20-26(16(2)39-31-20)28(35)32-13-21-24(14-32)38-19-8-5-17(6-9-19)12-29-25(33)15-37-23-11-18(27(34)30-21)7-10-22(23)36-3/h5-11,21,24H,4,12-15H2,1-3H3,(H,29,33)(H,30,34)/t21-,24-/m0/s1. The first-order valence-electron chi connectivity index (χ1n) is 12.7. The average Bonchev–Trinajstić information content (AvgIpc) is 3.52. The van der Waals surface area contributed by atoms with Gasteiger partial charge < -0.3 is 34.3 Å². The summed E-state index contributed by atoms with van der Waals surface area (Å²) in [5.74, 6) is 0.779. The number of nitrogens with zero attached hydrogens (tertiary/aromatic N) is 2. The Balaban J connectivity index is 1.46. The molecular weight excluding hydrogens is 504 g/mol. The molecule has 3 aliphatic heterocycles. The maximum absolute atomic E-state index is 13.5. The van der Waals surface area contributed by atoms with Crippen molar-refractivity contribution in [2.24, 2.45) is 0 Å². The van der Waals surface area contributed by atoms with Crippen molar-refractivity contribution < 1.29 is 33.1 Å². The van der Waals surface area contributed by atoms with Crippen molar-refractivity contribution in [1.82, 2.24) is 20.7 Å². The number of methoxy groups -OCH3 is 1. The third-order valence-electron chi connectivity index (χ3n) is 6.84. The number of carbonyl (C=O) groups excluding carboxylic acids is 3. The van der Waals surface area contributed by atoms with Crippen LogP contribution in [0.25, 0.3) is 0 Å². The summed E-state index contributed by atoms with van der Waals surface area (Å²) in [5, 5.41) is 9.84. The highest BCUT2D eigenvalue weighted by Crippen LogP contribution is 2.29. The molecule has 0 saturated carbocycles. The molecule has 4 bridgehead atoms. The van der Waals surface area contributed by atoms with E-state index in [4.69, 9.17) is 18.7 Å². The maximum Gasteiger partial charge on any atom is 0.259 e. The van der Waals surface area contributed by atoms with E-state index in [0.29, 0.717) is 47.0 Å². The lowest BCUT2D eigenvalue weighted by molar-refractivity contribution is -0.123. The van der Waals surface area contributed by atoms with Crippen LogP contribution in [0, 0.1) is 6.92 Å². The molecule has 11 nitrogen and oxygen atoms in total. The molecule has 3 aliphatic rings. The van der Waals surface area contributed by atoms with Crippen LogP contribution in [0.5, 0.6) is 17.2 Å². The van der Waals surface area contributed by atoms with Gasteiger partial charge in [-0.25, -0.2) is 0 Å². The Bertz CT molecular complexity index is 1390. The Morgan fingerprint density at radius 2 is 1.95 bits per heavy atom. The van der Waals surface area contributed by atoms with Gasteiger partial charge in [-0.3, -0.25) is 14.4 Å². The van der Waals surface area contributed by atoms with Gasteiger partial charge in [0, 0.05) is 18.7 Å². The molecular formula is C28H30N4O7. The topological polar surface area (TPSA) is 132 Å². The van der Waals surface area contributed by atoms with Gasteiger partial charge in [0.05, 0.1) is 25.4 Å². The van der Waals surface area contributed by atoms with E-state index in [1.165, 1.54) is 13.2 Å². The van der Waals surface area contributed by atoms with Crippen molar-refractivity contribution >= 4 is 17.7 Å². The fourth-order valence-corrected chi connectivity index (χ4v) is 4.73. The van der Waals surface area contributed by atoms with E-state index < -0.39 is 12.1 Å². The smallest absolute Gasteiger partial charge is 0.259 e. The highest BCUT2D eigenvalue weighted by molar-refractivity contribution is 5.97. The fourth-order valence-electron chi connectivity index (χ4n) is 4.73. The van der Waals surface area contributed by atoms with Crippen molar-refractivity contribution in [2.45, 2.75) is 39.0 Å². The van der Waals surface area contributed by atoms with Crippen LogP contribution in [0.3, 0.4) is 0 Å². The minimum absolute atomic E-state index is 0.218. The molecule has 0 unspecified atom stereocenters. The van der Waals surface area contributed by atoms with E-state index in [1.807, 2.05) is 19.1 Å². The molecule has 3 aromatic rings. The molecule has 2 aromatic carbocycles. The zero-order valence-corrected chi connectivity index (χ0v) is 22.0. The number of aromatic nitrogens is 1. The number of benzene rings is 2. The summed E-state index contributed by atoms with van der Waals surface area (Å²) < 4.78 is 22.6. The van der Waals surface area contributed by atoms with Crippen molar-refractivity contribution in [3.63, 3.8) is 0 Å². The average molecular weight is 535 g/mol. The number of likely N-dealkylation sites (tertiary alicyclic amines) is 1. The van der Waals surface area contributed by atoms with Gasteiger partial charge in [0.25, 0.3) is 17.7 Å². The Morgan fingerprint density at radius 3 is 2.69 bits per heavy atom. The normalized spacial score (nSPS) is 19.3. The second kappa shape index (κ2) is 11.1. The summed E-state index contributed by atoms with van der Waals surface area (Å²) in [4.78, 5) is 40.8. The fraction of sp³-hybridized carbons (Fsp3) is 0.357. The summed E-state index contributed by atoms with van der Waals surface area (Å²) >= 11 is 0. The first kappa shape index (κ1) is 26.1. The number of hydrogen-bond donors (Lipinski definition) is 2. The Kier molecular flexibility index (Phi) is 7.40. The molecule has 11 heteroatoms. The second-order valence-corrected chi connectivity index (χ2v) is 9.44. The highest BCUT2D eigenvalue weighted by atomic mass is 16.5. The summed E-state index contributed by atoms with van der Waals surface area (Å²) in [6.07, 6.45) is 0.0412. The minimum atomic E-state index is -0.515. The molecule has 6 rings (SSSR count). The molecule has 1 aromatic heterocycles. The van der Waals surface area contributed by atoms with Crippen molar-refractivity contribution in [1.29, 1.82) is 0 Å². The molecule has 4 heterocycles. The van der Waals surface area contributed by atoms with Gasteiger partial charge in [-0.2, -0.15) is 0 Å². The first-order chi connectivity index (χ1) is 18.9. The molecule has 1 saturated heterocycles. The van der Waals surface area contributed by atoms with Crippen molar-refractivity contribution in [2.75, 3.05) is 26.8 Å². The molecule has 204 valence electrons. The van der Waals surface area contributed by atoms with Gasteiger partial charge in [0.15, 0.2) is 18.1 Å². The largest absolute Gasteiger partial charge is 0.493 e. The predicted molar refractivity (Wildman–Crippen MR) is 139 cm³/mol. The van der Waals surface area contributed by atoms with E-state index in [-0.39, 0.29) is 43.2 Å². The van der Waals surface area contributed by atoms with Crippen LogP contribution in [0.15, 0.2) is 47.0 Å². The van der Waals surface area contributed by atoms with Gasteiger partial charge in [0.1, 0.15) is 23.2 Å². The zero-order chi connectivity index (χ0) is 27.5. The zero-order valence-electron chi connectivity index (χ0n) is 22.0. The monoisotopic (exact) mass is 534 g/mol. The molecule has 1 fully saturated rings. The number of nitrogens with one attached hydrogen (secondary N) is 2. The summed E-state index contributed by atoms with van der Waals surface area (Å²) in [5.41, 5.74) is 2.23. The maximum atomic E-state index is 13.5. The second-order valence-electron chi connectivity index (χ2n) is 9.44.